The third-order valence-corrected chi connectivity index (χ3v) is 4.17. The van der Waals surface area contributed by atoms with Crippen molar-refractivity contribution in [3.05, 3.63) is 52.9 Å². The molecule has 0 bridgehead atoms. The lowest BCUT2D eigenvalue weighted by Gasteiger charge is -2.12. The van der Waals surface area contributed by atoms with E-state index in [0.717, 1.165) is 10.6 Å². The van der Waals surface area contributed by atoms with E-state index in [0.29, 0.717) is 5.56 Å². The van der Waals surface area contributed by atoms with Crippen LogP contribution >= 0.6 is 0 Å². The lowest BCUT2D eigenvalue weighted by Crippen LogP contribution is -2.20. The Bertz CT molecular complexity index is 944. The topological polar surface area (TPSA) is 77.8 Å². The number of ether oxygens (including phenoxy) is 2. The van der Waals surface area contributed by atoms with Crippen LogP contribution in [0.1, 0.15) is 27.3 Å². The van der Waals surface area contributed by atoms with Gasteiger partial charge in [0.15, 0.2) is 18.1 Å². The number of hydrogen-bond acceptors (Lipinski definition) is 5. The van der Waals surface area contributed by atoms with Crippen LogP contribution in [0.15, 0.2) is 30.3 Å². The highest BCUT2D eigenvalue weighted by molar-refractivity contribution is 6.00. The Morgan fingerprint density at radius 1 is 1.21 bits per heavy atom. The zero-order valence-corrected chi connectivity index (χ0v) is 16.0. The number of rotatable bonds is 7. The van der Waals surface area contributed by atoms with Crippen molar-refractivity contribution in [1.29, 1.82) is 0 Å². The Labute approximate surface area is 165 Å². The summed E-state index contributed by atoms with van der Waals surface area (Å²) in [6.07, 6.45) is -1.92. The number of nitrogens with zero attached hydrogens (tertiary/aromatic N) is 1. The normalized spacial score (nSPS) is 11.7. The van der Waals surface area contributed by atoms with E-state index in [9.17, 15) is 27.9 Å². The summed E-state index contributed by atoms with van der Waals surface area (Å²) in [5, 5.41) is 9.53. The quantitative estimate of drug-likeness (QED) is 0.426. The van der Waals surface area contributed by atoms with Gasteiger partial charge in [0.05, 0.1) is 7.11 Å². The molecule has 6 nitrogen and oxygen atoms in total. The highest BCUT2D eigenvalue weighted by Crippen LogP contribution is 2.27. The standard InChI is InChI=1S/C20H20F3NO5/c1-12-8-15(13(2)24(12)11-20(21,22)23)17(26)10-29-19(27)7-5-14-4-6-16(25)18(9-14)28-3/h4-9,25H,10-11H2,1-3H3/b7-5+. The first kappa shape index (κ1) is 22.1. The number of aromatic nitrogens is 1. The first-order valence-electron chi connectivity index (χ1n) is 8.50. The molecule has 156 valence electrons. The molecule has 0 aliphatic carbocycles. The average molecular weight is 411 g/mol. The van der Waals surface area contributed by atoms with Crippen molar-refractivity contribution >= 4 is 17.8 Å². The van der Waals surface area contributed by atoms with Gasteiger partial charge in [0.1, 0.15) is 6.54 Å². The summed E-state index contributed by atoms with van der Waals surface area (Å²) >= 11 is 0. The minimum Gasteiger partial charge on any atom is -0.504 e. The van der Waals surface area contributed by atoms with Gasteiger partial charge in [-0.15, -0.1) is 0 Å². The van der Waals surface area contributed by atoms with Crippen LogP contribution in [0.4, 0.5) is 13.2 Å². The molecule has 0 aliphatic rings. The Hall–Kier alpha value is -3.23. The first-order chi connectivity index (χ1) is 13.5. The van der Waals surface area contributed by atoms with E-state index in [4.69, 9.17) is 9.47 Å². The molecule has 0 aliphatic heterocycles. The number of hydrogen-bond donors (Lipinski definition) is 1. The van der Waals surface area contributed by atoms with Crippen LogP contribution in [0.3, 0.4) is 0 Å². The molecule has 0 saturated carbocycles. The molecule has 1 N–H and O–H groups in total. The summed E-state index contributed by atoms with van der Waals surface area (Å²) in [7, 11) is 1.38. The van der Waals surface area contributed by atoms with Crippen molar-refractivity contribution < 1.29 is 37.3 Å². The van der Waals surface area contributed by atoms with E-state index >= 15 is 0 Å². The Balaban J connectivity index is 2.00. The van der Waals surface area contributed by atoms with Crippen molar-refractivity contribution in [2.45, 2.75) is 26.6 Å². The molecule has 0 spiro atoms. The van der Waals surface area contributed by atoms with Gasteiger partial charge in [0.25, 0.3) is 0 Å². The molecule has 0 fully saturated rings. The van der Waals surface area contributed by atoms with Gasteiger partial charge >= 0.3 is 12.1 Å². The van der Waals surface area contributed by atoms with Crippen LogP contribution in [-0.4, -0.2) is 41.3 Å². The Kier molecular flexibility index (Phi) is 6.73. The SMILES string of the molecule is COc1cc(/C=C/C(=O)OCC(=O)c2cc(C)n(CC(F)(F)F)c2C)ccc1O. The monoisotopic (exact) mass is 411 g/mol. The zero-order valence-electron chi connectivity index (χ0n) is 16.0. The largest absolute Gasteiger partial charge is 0.504 e. The lowest BCUT2D eigenvalue weighted by atomic mass is 10.1. The number of carbonyl (C=O) groups excluding carboxylic acids is 2. The third kappa shape index (κ3) is 5.87. The molecular formula is C20H20F3NO5. The van der Waals surface area contributed by atoms with E-state index in [-0.39, 0.29) is 28.5 Å². The van der Waals surface area contributed by atoms with Crippen molar-refractivity contribution in [1.82, 2.24) is 4.57 Å². The van der Waals surface area contributed by atoms with Gasteiger partial charge in [0.2, 0.25) is 5.78 Å². The summed E-state index contributed by atoms with van der Waals surface area (Å²) < 4.78 is 48.8. The highest BCUT2D eigenvalue weighted by atomic mass is 19.4. The number of halogens is 3. The van der Waals surface area contributed by atoms with E-state index in [1.54, 1.807) is 6.07 Å². The summed E-state index contributed by atoms with van der Waals surface area (Å²) in [5.41, 5.74) is 1.08. The fourth-order valence-corrected chi connectivity index (χ4v) is 2.73. The molecule has 1 aromatic carbocycles. The number of ketones is 1. The molecule has 1 heterocycles. The van der Waals surface area contributed by atoms with Gasteiger partial charge in [-0.1, -0.05) is 6.07 Å². The predicted octanol–water partition coefficient (Wildman–Crippen LogP) is 3.82. The van der Waals surface area contributed by atoms with Gasteiger partial charge in [-0.05, 0) is 43.7 Å². The maximum Gasteiger partial charge on any atom is 0.406 e. The molecule has 0 atom stereocenters. The maximum atomic E-state index is 12.7. The minimum absolute atomic E-state index is 0.0547. The minimum atomic E-state index is -4.41. The molecule has 0 unspecified atom stereocenters. The van der Waals surface area contributed by atoms with E-state index in [2.05, 4.69) is 0 Å². The number of Topliss-reactive ketones (excluding diaryl/α,β-unsaturated/α-hetero) is 1. The summed E-state index contributed by atoms with van der Waals surface area (Å²) in [6.45, 7) is 1.08. The van der Waals surface area contributed by atoms with E-state index in [1.165, 1.54) is 45.2 Å². The second-order valence-electron chi connectivity index (χ2n) is 6.28. The molecule has 2 aromatic rings. The van der Waals surface area contributed by atoms with Crippen molar-refractivity contribution in [2.75, 3.05) is 13.7 Å². The maximum absolute atomic E-state index is 12.7. The molecule has 1 aromatic heterocycles. The molecule has 0 saturated heterocycles. The van der Waals surface area contributed by atoms with Gasteiger partial charge in [0, 0.05) is 23.0 Å². The fourth-order valence-electron chi connectivity index (χ4n) is 2.73. The molecular weight excluding hydrogens is 391 g/mol. The number of phenols is 1. The fraction of sp³-hybridized carbons (Fsp3) is 0.300. The first-order valence-corrected chi connectivity index (χ1v) is 8.50. The van der Waals surface area contributed by atoms with Crippen molar-refractivity contribution in [3.63, 3.8) is 0 Å². The van der Waals surface area contributed by atoms with Gasteiger partial charge in [-0.2, -0.15) is 13.2 Å². The van der Waals surface area contributed by atoms with Gasteiger partial charge in [-0.25, -0.2) is 4.79 Å². The third-order valence-electron chi connectivity index (χ3n) is 4.17. The van der Waals surface area contributed by atoms with Crippen LogP contribution in [0, 0.1) is 13.8 Å². The highest BCUT2D eigenvalue weighted by Gasteiger charge is 2.30. The number of aromatic hydroxyl groups is 1. The summed E-state index contributed by atoms with van der Waals surface area (Å²) in [6, 6.07) is 5.78. The second-order valence-corrected chi connectivity index (χ2v) is 6.28. The van der Waals surface area contributed by atoms with Crippen molar-refractivity contribution in [3.8, 4) is 11.5 Å². The molecule has 2 rings (SSSR count). The summed E-state index contributed by atoms with van der Waals surface area (Å²) in [5.74, 6) is -1.22. The van der Waals surface area contributed by atoms with Gasteiger partial charge < -0.3 is 19.1 Å². The Morgan fingerprint density at radius 2 is 1.90 bits per heavy atom. The molecule has 0 radical (unpaired) electrons. The van der Waals surface area contributed by atoms with Crippen LogP contribution in [0.5, 0.6) is 11.5 Å². The number of methoxy groups -OCH3 is 1. The predicted molar refractivity (Wildman–Crippen MR) is 98.9 cm³/mol. The number of phenolic OH excluding ortho intramolecular Hbond substituents is 1. The van der Waals surface area contributed by atoms with Crippen LogP contribution in [0.2, 0.25) is 0 Å². The van der Waals surface area contributed by atoms with Crippen LogP contribution in [-0.2, 0) is 16.1 Å². The molecule has 29 heavy (non-hydrogen) atoms. The number of benzene rings is 1. The average Bonchev–Trinajstić information content (AvgIpc) is 2.92. The van der Waals surface area contributed by atoms with E-state index in [1.807, 2.05) is 0 Å². The van der Waals surface area contributed by atoms with E-state index < -0.39 is 31.1 Å². The second kappa shape index (κ2) is 8.85. The summed E-state index contributed by atoms with van der Waals surface area (Å²) in [4.78, 5) is 24.1. The molecule has 0 amide bonds. The van der Waals surface area contributed by atoms with Gasteiger partial charge in [-0.3, -0.25) is 4.79 Å². The number of carbonyl (C=O) groups is 2. The van der Waals surface area contributed by atoms with Crippen LogP contribution < -0.4 is 4.74 Å². The molecule has 9 heteroatoms. The smallest absolute Gasteiger partial charge is 0.406 e. The number of aryl methyl sites for hydroxylation is 1. The number of alkyl halides is 3. The lowest BCUT2D eigenvalue weighted by molar-refractivity contribution is -0.141. The van der Waals surface area contributed by atoms with Crippen LogP contribution in [0.25, 0.3) is 6.08 Å². The number of esters is 1. The zero-order chi connectivity index (χ0) is 21.8. The Morgan fingerprint density at radius 3 is 2.52 bits per heavy atom. The van der Waals surface area contributed by atoms with Crippen molar-refractivity contribution in [2.24, 2.45) is 0 Å².